The largest absolute Gasteiger partial charge is 0.491 e. The monoisotopic (exact) mass is 368 g/mol. The van der Waals surface area contributed by atoms with Gasteiger partial charge in [0.15, 0.2) is 0 Å². The van der Waals surface area contributed by atoms with Crippen LogP contribution in [0.25, 0.3) is 0 Å². The summed E-state index contributed by atoms with van der Waals surface area (Å²) < 4.78 is 19.1. The second kappa shape index (κ2) is 7.69. The minimum atomic E-state index is -0.345. The second-order valence-corrected chi connectivity index (χ2v) is 7.43. The first kappa shape index (κ1) is 18.0. The van der Waals surface area contributed by atoms with E-state index in [1.165, 1.54) is 25.0 Å². The van der Waals surface area contributed by atoms with Gasteiger partial charge in [-0.1, -0.05) is 30.3 Å². The first-order valence-corrected chi connectivity index (χ1v) is 9.65. The summed E-state index contributed by atoms with van der Waals surface area (Å²) in [5.41, 5.74) is 1.95. The number of rotatable bonds is 4. The predicted octanol–water partition coefficient (Wildman–Crippen LogP) is 3.64. The summed E-state index contributed by atoms with van der Waals surface area (Å²) in [6, 6.07) is 14.3. The third kappa shape index (κ3) is 3.69. The van der Waals surface area contributed by atoms with Crippen molar-refractivity contribution < 1.29 is 13.9 Å². The van der Waals surface area contributed by atoms with Crippen LogP contribution in [0.2, 0.25) is 0 Å². The summed E-state index contributed by atoms with van der Waals surface area (Å²) in [5.74, 6) is 0.213. The Balaban J connectivity index is 1.54. The van der Waals surface area contributed by atoms with Gasteiger partial charge in [-0.15, -0.1) is 0 Å². The molecule has 0 aliphatic carbocycles. The molecule has 2 aromatic rings. The molecule has 4 nitrogen and oxygen atoms in total. The zero-order valence-corrected chi connectivity index (χ0v) is 15.5. The fourth-order valence-corrected chi connectivity index (χ4v) is 4.15. The van der Waals surface area contributed by atoms with Crippen LogP contribution in [-0.4, -0.2) is 36.5 Å². The van der Waals surface area contributed by atoms with E-state index in [-0.39, 0.29) is 29.7 Å². The highest BCUT2D eigenvalue weighted by molar-refractivity contribution is 5.83. The Morgan fingerprint density at radius 3 is 2.59 bits per heavy atom. The van der Waals surface area contributed by atoms with E-state index >= 15 is 0 Å². The Morgan fingerprint density at radius 2 is 1.85 bits per heavy atom. The van der Waals surface area contributed by atoms with Crippen molar-refractivity contribution in [1.29, 1.82) is 0 Å². The van der Waals surface area contributed by atoms with Crippen LogP contribution in [0.15, 0.2) is 48.5 Å². The van der Waals surface area contributed by atoms with Crippen molar-refractivity contribution in [3.63, 3.8) is 0 Å². The van der Waals surface area contributed by atoms with Crippen molar-refractivity contribution in [2.75, 3.05) is 19.7 Å². The molecule has 2 aliphatic rings. The number of hydrogen-bond donors (Lipinski definition) is 1. The average Bonchev–Trinajstić information content (AvgIpc) is 3.22. The van der Waals surface area contributed by atoms with Gasteiger partial charge in [0.1, 0.15) is 18.2 Å². The number of nitrogens with one attached hydrogen (secondary N) is 1. The van der Waals surface area contributed by atoms with E-state index in [4.69, 9.17) is 4.74 Å². The lowest BCUT2D eigenvalue weighted by molar-refractivity contribution is -0.123. The predicted molar refractivity (Wildman–Crippen MR) is 102 cm³/mol. The molecule has 0 aromatic heterocycles. The maximum absolute atomic E-state index is 13.2. The van der Waals surface area contributed by atoms with E-state index in [1.807, 2.05) is 25.1 Å². The van der Waals surface area contributed by atoms with Gasteiger partial charge < -0.3 is 10.1 Å². The van der Waals surface area contributed by atoms with E-state index in [0.717, 1.165) is 30.0 Å². The Labute approximate surface area is 159 Å². The molecule has 2 heterocycles. The fraction of sp³-hybridized carbons (Fsp3) is 0.409. The second-order valence-electron chi connectivity index (χ2n) is 7.43. The maximum Gasteiger partial charge on any atom is 0.227 e. The summed E-state index contributed by atoms with van der Waals surface area (Å²) in [5, 5.41) is 3.20. The molecule has 0 spiro atoms. The number of carbonyl (C=O) groups excluding carboxylic acids is 1. The molecule has 1 saturated heterocycles. The molecule has 142 valence electrons. The van der Waals surface area contributed by atoms with Crippen LogP contribution >= 0.6 is 0 Å². The number of carbonyl (C=O) groups is 1. The highest BCUT2D eigenvalue weighted by Crippen LogP contribution is 2.37. The lowest BCUT2D eigenvalue weighted by Gasteiger charge is -2.39. The molecule has 1 fully saturated rings. The standard InChI is InChI=1S/C22H25FN2O2/c1-15(16-8-10-17(23)11-9-16)22(26)24-19-14-27-20-7-3-2-6-18(20)21(19)25-12-4-5-13-25/h2-3,6-11,15,19,21H,4-5,12-14H2,1H3,(H,24,26)/t15?,19-,21-/m1/s1. The first-order chi connectivity index (χ1) is 13.1. The minimum Gasteiger partial charge on any atom is -0.491 e. The molecule has 0 saturated carbocycles. The molecule has 1 N–H and O–H groups in total. The van der Waals surface area contributed by atoms with Crippen molar-refractivity contribution in [1.82, 2.24) is 10.2 Å². The van der Waals surface area contributed by atoms with Crippen LogP contribution in [0, 0.1) is 5.82 Å². The number of fused-ring (bicyclic) bond motifs is 1. The lowest BCUT2D eigenvalue weighted by Crippen LogP contribution is -2.51. The smallest absolute Gasteiger partial charge is 0.227 e. The van der Waals surface area contributed by atoms with Crippen LogP contribution in [0.5, 0.6) is 5.75 Å². The van der Waals surface area contributed by atoms with Gasteiger partial charge in [-0.25, -0.2) is 4.39 Å². The highest BCUT2D eigenvalue weighted by atomic mass is 19.1. The van der Waals surface area contributed by atoms with E-state index < -0.39 is 0 Å². The van der Waals surface area contributed by atoms with Gasteiger partial charge in [-0.05, 0) is 56.6 Å². The van der Waals surface area contributed by atoms with E-state index in [9.17, 15) is 9.18 Å². The van der Waals surface area contributed by atoms with Gasteiger partial charge >= 0.3 is 0 Å². The highest BCUT2D eigenvalue weighted by Gasteiger charge is 2.37. The number of nitrogens with zero attached hydrogens (tertiary/aromatic N) is 1. The number of halogens is 1. The van der Waals surface area contributed by atoms with Gasteiger partial charge in [-0.2, -0.15) is 0 Å². The number of likely N-dealkylation sites (tertiary alicyclic amines) is 1. The average molecular weight is 368 g/mol. The van der Waals surface area contributed by atoms with Crippen LogP contribution in [-0.2, 0) is 4.79 Å². The van der Waals surface area contributed by atoms with Crippen molar-refractivity contribution in [3.8, 4) is 5.75 Å². The van der Waals surface area contributed by atoms with E-state index in [1.54, 1.807) is 12.1 Å². The summed E-state index contributed by atoms with van der Waals surface area (Å²) in [6.45, 7) is 4.39. The third-order valence-electron chi connectivity index (χ3n) is 5.66. The van der Waals surface area contributed by atoms with Crippen LogP contribution in [0.4, 0.5) is 4.39 Å². The van der Waals surface area contributed by atoms with Crippen LogP contribution < -0.4 is 10.1 Å². The van der Waals surface area contributed by atoms with Crippen LogP contribution in [0.1, 0.15) is 42.9 Å². The zero-order valence-electron chi connectivity index (χ0n) is 15.5. The van der Waals surface area contributed by atoms with Crippen molar-refractivity contribution >= 4 is 5.91 Å². The molecule has 0 bridgehead atoms. The van der Waals surface area contributed by atoms with Gasteiger partial charge in [0.25, 0.3) is 0 Å². The molecule has 27 heavy (non-hydrogen) atoms. The molecular weight excluding hydrogens is 343 g/mol. The Kier molecular flexibility index (Phi) is 5.12. The van der Waals surface area contributed by atoms with Gasteiger partial charge in [0.05, 0.1) is 18.0 Å². The molecule has 4 rings (SSSR count). The molecule has 2 aromatic carbocycles. The van der Waals surface area contributed by atoms with Gasteiger partial charge in [0, 0.05) is 5.56 Å². The molecule has 1 unspecified atom stereocenters. The van der Waals surface area contributed by atoms with Gasteiger partial charge in [-0.3, -0.25) is 9.69 Å². The van der Waals surface area contributed by atoms with Gasteiger partial charge in [0.2, 0.25) is 5.91 Å². The van der Waals surface area contributed by atoms with Crippen molar-refractivity contribution in [2.24, 2.45) is 0 Å². The number of hydrogen-bond acceptors (Lipinski definition) is 3. The summed E-state index contributed by atoms with van der Waals surface area (Å²) in [4.78, 5) is 15.3. The molecule has 0 radical (unpaired) electrons. The van der Waals surface area contributed by atoms with E-state index in [2.05, 4.69) is 16.3 Å². The fourth-order valence-electron chi connectivity index (χ4n) is 4.15. The Morgan fingerprint density at radius 1 is 1.15 bits per heavy atom. The number of ether oxygens (including phenoxy) is 1. The molecule has 5 heteroatoms. The SMILES string of the molecule is CC(C(=O)N[C@@H]1COc2ccccc2[C@H]1N1CCCC1)c1ccc(F)cc1. The number of para-hydroxylation sites is 1. The lowest BCUT2D eigenvalue weighted by atomic mass is 9.93. The van der Waals surface area contributed by atoms with E-state index in [0.29, 0.717) is 6.61 Å². The number of amides is 1. The Bertz CT molecular complexity index is 802. The van der Waals surface area contributed by atoms with Crippen molar-refractivity contribution in [2.45, 2.75) is 37.8 Å². The minimum absolute atomic E-state index is 0.0567. The topological polar surface area (TPSA) is 41.6 Å². The molecular formula is C22H25FN2O2. The summed E-state index contributed by atoms with van der Waals surface area (Å²) >= 11 is 0. The number of benzene rings is 2. The Hall–Kier alpha value is -2.40. The molecule has 2 aliphatic heterocycles. The molecule has 1 amide bonds. The molecule has 3 atom stereocenters. The summed E-state index contributed by atoms with van der Waals surface area (Å²) in [7, 11) is 0. The quantitative estimate of drug-likeness (QED) is 0.896. The normalized spacial score (nSPS) is 23.3. The summed E-state index contributed by atoms with van der Waals surface area (Å²) in [6.07, 6.45) is 2.37. The third-order valence-corrected chi connectivity index (χ3v) is 5.66. The maximum atomic E-state index is 13.2. The first-order valence-electron chi connectivity index (χ1n) is 9.65. The zero-order chi connectivity index (χ0) is 18.8. The van der Waals surface area contributed by atoms with Crippen molar-refractivity contribution in [3.05, 3.63) is 65.5 Å². The van der Waals surface area contributed by atoms with Crippen LogP contribution in [0.3, 0.4) is 0 Å².